The predicted molar refractivity (Wildman–Crippen MR) is 80.5 cm³/mol. The van der Waals surface area contributed by atoms with E-state index in [1.165, 1.54) is 6.07 Å². The van der Waals surface area contributed by atoms with Gasteiger partial charge in [-0.05, 0) is 43.7 Å². The van der Waals surface area contributed by atoms with Crippen molar-refractivity contribution in [1.29, 1.82) is 0 Å². The smallest absolute Gasteiger partial charge is 0.130 e. The lowest BCUT2D eigenvalue weighted by Crippen LogP contribution is -2.45. The molecule has 0 radical (unpaired) electrons. The Labute approximate surface area is 132 Å². The molecule has 1 aromatic carbocycles. The molecule has 1 spiro atoms. The molecule has 5 heteroatoms. The second kappa shape index (κ2) is 6.32. The molecule has 2 saturated heterocycles. The average molecular weight is 359 g/mol. The van der Waals surface area contributed by atoms with Crippen molar-refractivity contribution in [2.24, 2.45) is 5.92 Å². The summed E-state index contributed by atoms with van der Waals surface area (Å²) in [5.41, 5.74) is 0.173. The highest BCUT2D eigenvalue weighted by Crippen LogP contribution is 2.43. The maximum absolute atomic E-state index is 14.0. The Bertz CT molecular complexity index is 477. The number of aliphatic hydroxyl groups excluding tert-OH is 1. The number of aliphatic hydroxyl groups is 1. The molecule has 1 aromatic rings. The number of hydrogen-bond donors (Lipinski definition) is 1. The van der Waals surface area contributed by atoms with Crippen molar-refractivity contribution >= 4 is 15.9 Å². The second-order valence-electron chi connectivity index (χ2n) is 5.98. The molecule has 2 fully saturated rings. The van der Waals surface area contributed by atoms with Gasteiger partial charge in [0.2, 0.25) is 0 Å². The molecule has 0 bridgehead atoms. The Kier molecular flexibility index (Phi) is 4.64. The van der Waals surface area contributed by atoms with Crippen LogP contribution in [0.1, 0.15) is 37.4 Å². The first kappa shape index (κ1) is 15.4. The van der Waals surface area contributed by atoms with Crippen LogP contribution < -0.4 is 0 Å². The van der Waals surface area contributed by atoms with Gasteiger partial charge in [0.15, 0.2) is 0 Å². The first-order valence-electron chi connectivity index (χ1n) is 7.45. The van der Waals surface area contributed by atoms with Crippen LogP contribution in [0.2, 0.25) is 0 Å². The second-order valence-corrected chi connectivity index (χ2v) is 6.83. The maximum atomic E-state index is 14.0. The summed E-state index contributed by atoms with van der Waals surface area (Å²) >= 11 is 3.35. The van der Waals surface area contributed by atoms with Crippen LogP contribution in [0.3, 0.4) is 0 Å². The van der Waals surface area contributed by atoms with Crippen LogP contribution >= 0.6 is 15.9 Å². The molecule has 3 nitrogen and oxygen atoms in total. The molecule has 3 rings (SSSR count). The lowest BCUT2D eigenvalue weighted by atomic mass is 9.77. The molecule has 2 unspecified atom stereocenters. The fourth-order valence-corrected chi connectivity index (χ4v) is 4.03. The molecule has 2 atom stereocenters. The molecular formula is C16H20BrFO3. The summed E-state index contributed by atoms with van der Waals surface area (Å²) in [6.07, 6.45) is 2.43. The van der Waals surface area contributed by atoms with Crippen LogP contribution in [-0.2, 0) is 9.47 Å². The van der Waals surface area contributed by atoms with Gasteiger partial charge in [-0.25, -0.2) is 4.39 Å². The molecule has 2 heterocycles. The fraction of sp³-hybridized carbons (Fsp3) is 0.625. The van der Waals surface area contributed by atoms with Gasteiger partial charge < -0.3 is 14.6 Å². The van der Waals surface area contributed by atoms with Gasteiger partial charge in [-0.2, -0.15) is 0 Å². The van der Waals surface area contributed by atoms with Gasteiger partial charge in [0.25, 0.3) is 0 Å². The SMILES string of the molecule is OC(c1c(F)cccc1Br)C1CCOC2(CCOCC2)C1. The van der Waals surface area contributed by atoms with Gasteiger partial charge >= 0.3 is 0 Å². The average Bonchev–Trinajstić information content (AvgIpc) is 2.48. The number of benzene rings is 1. The Morgan fingerprint density at radius 1 is 1.29 bits per heavy atom. The van der Waals surface area contributed by atoms with Crippen LogP contribution in [-0.4, -0.2) is 30.5 Å². The summed E-state index contributed by atoms with van der Waals surface area (Å²) in [6, 6.07) is 4.80. The van der Waals surface area contributed by atoms with Gasteiger partial charge in [-0.3, -0.25) is 0 Å². The van der Waals surface area contributed by atoms with Crippen molar-refractivity contribution in [2.75, 3.05) is 19.8 Å². The molecule has 2 aliphatic rings. The minimum atomic E-state index is -0.802. The van der Waals surface area contributed by atoms with Crippen LogP contribution in [0.5, 0.6) is 0 Å². The molecule has 0 amide bonds. The Balaban J connectivity index is 1.79. The number of ether oxygens (including phenoxy) is 2. The molecule has 0 aliphatic carbocycles. The van der Waals surface area contributed by atoms with Crippen LogP contribution in [0.15, 0.2) is 22.7 Å². The van der Waals surface area contributed by atoms with Crippen molar-refractivity contribution < 1.29 is 19.0 Å². The molecule has 21 heavy (non-hydrogen) atoms. The van der Waals surface area contributed by atoms with Gasteiger partial charge in [-0.15, -0.1) is 0 Å². The summed E-state index contributed by atoms with van der Waals surface area (Å²) in [5.74, 6) is -0.338. The molecule has 2 aliphatic heterocycles. The van der Waals surface area contributed by atoms with Gasteiger partial charge in [0, 0.05) is 29.9 Å². The van der Waals surface area contributed by atoms with Gasteiger partial charge in [0.05, 0.1) is 11.7 Å². The van der Waals surface area contributed by atoms with Crippen LogP contribution in [0.4, 0.5) is 4.39 Å². The highest BCUT2D eigenvalue weighted by atomic mass is 79.9. The van der Waals surface area contributed by atoms with Crippen molar-refractivity contribution in [3.05, 3.63) is 34.1 Å². The van der Waals surface area contributed by atoms with E-state index in [1.54, 1.807) is 12.1 Å². The van der Waals surface area contributed by atoms with Gasteiger partial charge in [-0.1, -0.05) is 22.0 Å². The van der Waals surface area contributed by atoms with E-state index in [2.05, 4.69) is 15.9 Å². The third-order valence-electron chi connectivity index (χ3n) is 4.68. The topological polar surface area (TPSA) is 38.7 Å². The van der Waals surface area contributed by atoms with E-state index in [0.717, 1.165) is 25.7 Å². The third kappa shape index (κ3) is 3.16. The zero-order chi connectivity index (χ0) is 14.9. The molecule has 1 N–H and O–H groups in total. The number of rotatable bonds is 2. The van der Waals surface area contributed by atoms with E-state index in [4.69, 9.17) is 9.47 Å². The minimum Gasteiger partial charge on any atom is -0.388 e. The van der Waals surface area contributed by atoms with Crippen molar-refractivity contribution in [2.45, 2.75) is 37.4 Å². The summed E-state index contributed by atoms with van der Waals surface area (Å²) < 4.78 is 26.1. The molecule has 116 valence electrons. The molecule has 0 aromatic heterocycles. The predicted octanol–water partition coefficient (Wildman–Crippen LogP) is 3.60. The van der Waals surface area contributed by atoms with Crippen LogP contribution in [0, 0.1) is 11.7 Å². The first-order valence-corrected chi connectivity index (χ1v) is 8.24. The van der Waals surface area contributed by atoms with Crippen molar-refractivity contribution in [3.63, 3.8) is 0 Å². The highest BCUT2D eigenvalue weighted by molar-refractivity contribution is 9.10. The zero-order valence-corrected chi connectivity index (χ0v) is 13.4. The van der Waals surface area contributed by atoms with Crippen molar-refractivity contribution in [3.8, 4) is 0 Å². The summed E-state index contributed by atoms with van der Waals surface area (Å²) in [6.45, 7) is 2.02. The largest absolute Gasteiger partial charge is 0.388 e. The van der Waals surface area contributed by atoms with Crippen LogP contribution in [0.25, 0.3) is 0 Å². The minimum absolute atomic E-state index is 0.0186. The van der Waals surface area contributed by atoms with E-state index in [-0.39, 0.29) is 17.3 Å². The fourth-order valence-electron chi connectivity index (χ4n) is 3.46. The first-order chi connectivity index (χ1) is 10.1. The van der Waals surface area contributed by atoms with E-state index >= 15 is 0 Å². The maximum Gasteiger partial charge on any atom is 0.130 e. The molecular weight excluding hydrogens is 339 g/mol. The van der Waals surface area contributed by atoms with E-state index in [9.17, 15) is 9.50 Å². The Morgan fingerprint density at radius 2 is 2.05 bits per heavy atom. The zero-order valence-electron chi connectivity index (χ0n) is 11.9. The molecule has 0 saturated carbocycles. The number of hydrogen-bond acceptors (Lipinski definition) is 3. The highest BCUT2D eigenvalue weighted by Gasteiger charge is 2.41. The summed E-state index contributed by atoms with van der Waals surface area (Å²) in [4.78, 5) is 0. The van der Waals surface area contributed by atoms with E-state index in [1.807, 2.05) is 0 Å². The lowest BCUT2D eigenvalue weighted by molar-refractivity contribution is -0.159. The lowest BCUT2D eigenvalue weighted by Gasteiger charge is -2.44. The third-order valence-corrected chi connectivity index (χ3v) is 5.37. The Hall–Kier alpha value is -0.490. The quantitative estimate of drug-likeness (QED) is 0.877. The van der Waals surface area contributed by atoms with E-state index < -0.39 is 6.10 Å². The van der Waals surface area contributed by atoms with Gasteiger partial charge in [0.1, 0.15) is 5.82 Å². The summed E-state index contributed by atoms with van der Waals surface area (Å²) in [5, 5.41) is 10.7. The number of halogens is 2. The normalized spacial score (nSPS) is 26.7. The monoisotopic (exact) mass is 358 g/mol. The summed E-state index contributed by atoms with van der Waals surface area (Å²) in [7, 11) is 0. The van der Waals surface area contributed by atoms with Crippen molar-refractivity contribution in [1.82, 2.24) is 0 Å². The standard InChI is InChI=1S/C16H20BrFO3/c17-12-2-1-3-13(18)14(12)15(19)11-4-7-21-16(10-11)5-8-20-9-6-16/h1-3,11,15,19H,4-10H2. The Morgan fingerprint density at radius 3 is 2.76 bits per heavy atom. The van der Waals surface area contributed by atoms with E-state index in [0.29, 0.717) is 29.9 Å².